The molecule has 0 spiro atoms. The SMILES string of the molecule is COc1ccc(-n2nc(C(C)(C)C)cc2NC(=O)Nc2ccc(-c3cnc4ccnn4c3N)cc2)cc1. The molecule has 188 valence electrons. The van der Waals surface area contributed by atoms with E-state index in [9.17, 15) is 4.79 Å². The van der Waals surface area contributed by atoms with E-state index in [1.165, 1.54) is 0 Å². The van der Waals surface area contributed by atoms with Crippen molar-refractivity contribution in [3.05, 3.63) is 78.8 Å². The molecule has 2 amide bonds. The Bertz CT molecular complexity index is 1560. The van der Waals surface area contributed by atoms with Crippen LogP contribution in [0.15, 0.2) is 73.1 Å². The van der Waals surface area contributed by atoms with Gasteiger partial charge in [-0.1, -0.05) is 32.9 Å². The van der Waals surface area contributed by atoms with E-state index in [0.29, 0.717) is 23.0 Å². The van der Waals surface area contributed by atoms with Gasteiger partial charge in [-0.3, -0.25) is 5.32 Å². The third kappa shape index (κ3) is 4.81. The summed E-state index contributed by atoms with van der Waals surface area (Å²) in [4.78, 5) is 17.3. The van der Waals surface area contributed by atoms with Crippen LogP contribution in [0.5, 0.6) is 5.75 Å². The lowest BCUT2D eigenvalue weighted by molar-refractivity contribution is 0.262. The average Bonchev–Trinajstić information content (AvgIpc) is 3.53. The molecule has 3 heterocycles. The Kier molecular flexibility index (Phi) is 6.00. The molecule has 0 radical (unpaired) electrons. The van der Waals surface area contributed by atoms with E-state index in [1.807, 2.05) is 54.6 Å². The second kappa shape index (κ2) is 9.30. The number of carbonyl (C=O) groups is 1. The monoisotopic (exact) mass is 496 g/mol. The zero-order valence-electron chi connectivity index (χ0n) is 21.1. The molecular weight excluding hydrogens is 468 g/mol. The van der Waals surface area contributed by atoms with Crippen molar-refractivity contribution in [1.82, 2.24) is 24.4 Å². The van der Waals surface area contributed by atoms with E-state index in [0.717, 1.165) is 28.3 Å². The quantitative estimate of drug-likeness (QED) is 0.310. The maximum Gasteiger partial charge on any atom is 0.324 e. The number of urea groups is 1. The van der Waals surface area contributed by atoms with Gasteiger partial charge in [-0.05, 0) is 42.0 Å². The molecule has 0 aliphatic rings. The highest BCUT2D eigenvalue weighted by molar-refractivity contribution is 5.99. The third-order valence-electron chi connectivity index (χ3n) is 5.94. The summed E-state index contributed by atoms with van der Waals surface area (Å²) in [7, 11) is 1.62. The van der Waals surface area contributed by atoms with Gasteiger partial charge < -0.3 is 15.8 Å². The standard InChI is InChI=1S/C27H28N8O2/c1-27(2,3)22-15-24(34(33-22)19-9-11-20(37-4)12-10-19)32-26(36)31-18-7-5-17(6-8-18)21-16-29-23-13-14-30-35(23)25(21)28/h5-16H,28H2,1-4H3,(H2,31,32,36). The number of methoxy groups -OCH3 is 1. The number of amides is 2. The number of nitrogen functional groups attached to an aromatic ring is 1. The summed E-state index contributed by atoms with van der Waals surface area (Å²) in [5, 5.41) is 14.8. The number of hydrogen-bond acceptors (Lipinski definition) is 6. The minimum atomic E-state index is -0.387. The maximum atomic E-state index is 12.9. The van der Waals surface area contributed by atoms with E-state index in [-0.39, 0.29) is 11.4 Å². The molecule has 0 bridgehead atoms. The first kappa shape index (κ1) is 23.9. The molecule has 3 aromatic heterocycles. The zero-order valence-corrected chi connectivity index (χ0v) is 21.1. The van der Waals surface area contributed by atoms with Crippen molar-refractivity contribution in [1.29, 1.82) is 0 Å². The fraction of sp³-hybridized carbons (Fsp3) is 0.185. The molecule has 10 nitrogen and oxygen atoms in total. The molecule has 4 N–H and O–H groups in total. The number of carbonyl (C=O) groups excluding carboxylic acids is 1. The Hall–Kier alpha value is -4.86. The molecule has 0 atom stereocenters. The van der Waals surface area contributed by atoms with Crippen LogP contribution in [-0.4, -0.2) is 37.5 Å². The Morgan fingerprint density at radius 3 is 2.41 bits per heavy atom. The highest BCUT2D eigenvalue weighted by Crippen LogP contribution is 2.28. The van der Waals surface area contributed by atoms with Crippen molar-refractivity contribution in [2.75, 3.05) is 23.5 Å². The van der Waals surface area contributed by atoms with E-state index in [2.05, 4.69) is 41.5 Å². The maximum absolute atomic E-state index is 12.9. The number of hydrogen-bond donors (Lipinski definition) is 3. The van der Waals surface area contributed by atoms with Gasteiger partial charge in [-0.2, -0.15) is 14.7 Å². The van der Waals surface area contributed by atoms with Gasteiger partial charge in [0.1, 0.15) is 17.4 Å². The molecule has 2 aromatic carbocycles. The number of nitrogens with one attached hydrogen (secondary N) is 2. The Morgan fingerprint density at radius 2 is 1.73 bits per heavy atom. The van der Waals surface area contributed by atoms with Crippen LogP contribution in [0.4, 0.5) is 22.1 Å². The number of anilines is 3. The Labute approximate surface area is 214 Å². The van der Waals surface area contributed by atoms with Gasteiger partial charge in [-0.15, -0.1) is 0 Å². The topological polar surface area (TPSA) is 124 Å². The highest BCUT2D eigenvalue weighted by Gasteiger charge is 2.21. The van der Waals surface area contributed by atoms with Crippen LogP contribution in [0.3, 0.4) is 0 Å². The van der Waals surface area contributed by atoms with E-state index in [4.69, 9.17) is 15.6 Å². The fourth-order valence-corrected chi connectivity index (χ4v) is 3.88. The molecular formula is C27H28N8O2. The van der Waals surface area contributed by atoms with Crippen LogP contribution < -0.4 is 21.1 Å². The van der Waals surface area contributed by atoms with Crippen molar-refractivity contribution in [2.24, 2.45) is 0 Å². The van der Waals surface area contributed by atoms with Crippen molar-refractivity contribution in [2.45, 2.75) is 26.2 Å². The van der Waals surface area contributed by atoms with Crippen LogP contribution in [0.25, 0.3) is 22.5 Å². The Morgan fingerprint density at radius 1 is 1.00 bits per heavy atom. The van der Waals surface area contributed by atoms with Crippen molar-refractivity contribution in [3.63, 3.8) is 0 Å². The lowest BCUT2D eigenvalue weighted by Crippen LogP contribution is -2.21. The second-order valence-electron chi connectivity index (χ2n) is 9.59. The summed E-state index contributed by atoms with van der Waals surface area (Å²) < 4.78 is 8.56. The first-order valence-electron chi connectivity index (χ1n) is 11.7. The van der Waals surface area contributed by atoms with Crippen LogP contribution in [-0.2, 0) is 5.41 Å². The largest absolute Gasteiger partial charge is 0.497 e. The van der Waals surface area contributed by atoms with Gasteiger partial charge in [-0.25, -0.2) is 14.5 Å². The number of ether oxygens (including phenoxy) is 1. The Balaban J connectivity index is 1.35. The average molecular weight is 497 g/mol. The summed E-state index contributed by atoms with van der Waals surface area (Å²) >= 11 is 0. The van der Waals surface area contributed by atoms with E-state index < -0.39 is 0 Å². The number of benzene rings is 2. The molecule has 0 fully saturated rings. The lowest BCUT2D eigenvalue weighted by atomic mass is 9.92. The third-order valence-corrected chi connectivity index (χ3v) is 5.94. The summed E-state index contributed by atoms with van der Waals surface area (Å²) in [5.74, 6) is 1.79. The van der Waals surface area contributed by atoms with E-state index in [1.54, 1.807) is 34.8 Å². The zero-order chi connectivity index (χ0) is 26.2. The van der Waals surface area contributed by atoms with Crippen LogP contribution in [0.2, 0.25) is 0 Å². The minimum Gasteiger partial charge on any atom is -0.497 e. The summed E-state index contributed by atoms with van der Waals surface area (Å²) in [6.45, 7) is 6.22. The summed E-state index contributed by atoms with van der Waals surface area (Å²) in [5.41, 5.74) is 10.7. The predicted octanol–water partition coefficient (Wildman–Crippen LogP) is 5.11. The fourth-order valence-electron chi connectivity index (χ4n) is 3.88. The van der Waals surface area contributed by atoms with Gasteiger partial charge in [0.05, 0.1) is 24.7 Å². The molecule has 5 rings (SSSR count). The van der Waals surface area contributed by atoms with Crippen molar-refractivity contribution < 1.29 is 9.53 Å². The van der Waals surface area contributed by atoms with Gasteiger partial charge in [0.25, 0.3) is 0 Å². The van der Waals surface area contributed by atoms with Gasteiger partial charge in [0, 0.05) is 35.0 Å². The molecule has 5 aromatic rings. The first-order chi connectivity index (χ1) is 17.7. The number of rotatable bonds is 5. The molecule has 0 aliphatic carbocycles. The molecule has 0 unspecified atom stereocenters. The summed E-state index contributed by atoms with van der Waals surface area (Å²) in [6, 6.07) is 18.1. The van der Waals surface area contributed by atoms with Crippen LogP contribution in [0, 0.1) is 0 Å². The number of nitrogens with two attached hydrogens (primary N) is 1. The van der Waals surface area contributed by atoms with E-state index >= 15 is 0 Å². The number of fused-ring (bicyclic) bond motifs is 1. The molecule has 37 heavy (non-hydrogen) atoms. The molecule has 0 aliphatic heterocycles. The smallest absolute Gasteiger partial charge is 0.324 e. The second-order valence-corrected chi connectivity index (χ2v) is 9.59. The minimum absolute atomic E-state index is 0.198. The van der Waals surface area contributed by atoms with Gasteiger partial charge >= 0.3 is 6.03 Å². The molecule has 0 saturated heterocycles. The lowest BCUT2D eigenvalue weighted by Gasteiger charge is -2.14. The van der Waals surface area contributed by atoms with Crippen molar-refractivity contribution in [3.8, 4) is 22.6 Å². The van der Waals surface area contributed by atoms with Crippen LogP contribution in [0.1, 0.15) is 26.5 Å². The van der Waals surface area contributed by atoms with Gasteiger partial charge in [0.15, 0.2) is 5.65 Å². The normalized spacial score (nSPS) is 11.5. The van der Waals surface area contributed by atoms with Crippen LogP contribution >= 0.6 is 0 Å². The predicted molar refractivity (Wildman–Crippen MR) is 144 cm³/mol. The molecule has 0 saturated carbocycles. The summed E-state index contributed by atoms with van der Waals surface area (Å²) in [6.07, 6.45) is 3.37. The van der Waals surface area contributed by atoms with Crippen molar-refractivity contribution >= 4 is 29.0 Å². The highest BCUT2D eigenvalue weighted by atomic mass is 16.5. The number of aromatic nitrogens is 5. The first-order valence-corrected chi connectivity index (χ1v) is 11.7. The molecule has 10 heteroatoms. The number of nitrogens with zero attached hydrogens (tertiary/aromatic N) is 5. The van der Waals surface area contributed by atoms with Gasteiger partial charge in [0.2, 0.25) is 0 Å².